The molecule has 1 fully saturated rings. The largest absolute Gasteiger partial charge is 0.497 e. The highest BCUT2D eigenvalue weighted by atomic mass is 16.5. The molecule has 1 atom stereocenters. The van der Waals surface area contributed by atoms with Crippen LogP contribution in [0.5, 0.6) is 5.75 Å². The molecule has 1 aliphatic rings. The molecule has 20 heavy (non-hydrogen) atoms. The molecule has 2 aromatic rings. The molecule has 6 nitrogen and oxygen atoms in total. The number of nitrogens with zero attached hydrogens (tertiary/aromatic N) is 2. The van der Waals surface area contributed by atoms with Gasteiger partial charge in [0.15, 0.2) is 5.60 Å². The van der Waals surface area contributed by atoms with E-state index in [1.54, 1.807) is 7.11 Å². The SMILES string of the molecule is COc1cccc(-c2noc(C3(O)CCCNC3)n2)c1. The lowest BCUT2D eigenvalue weighted by molar-refractivity contribution is -0.0167. The van der Waals surface area contributed by atoms with Gasteiger partial charge in [-0.25, -0.2) is 0 Å². The molecule has 0 radical (unpaired) electrons. The van der Waals surface area contributed by atoms with Crippen LogP contribution in [0.25, 0.3) is 11.4 Å². The van der Waals surface area contributed by atoms with Crippen molar-refractivity contribution < 1.29 is 14.4 Å². The van der Waals surface area contributed by atoms with Crippen molar-refractivity contribution in [1.82, 2.24) is 15.5 Å². The Morgan fingerprint density at radius 3 is 3.10 bits per heavy atom. The summed E-state index contributed by atoms with van der Waals surface area (Å²) >= 11 is 0. The standard InChI is InChI=1S/C14H17N3O3/c1-19-11-5-2-4-10(8-11)12-16-13(20-17-12)14(18)6-3-7-15-9-14/h2,4-5,8,15,18H,3,6-7,9H2,1H3. The maximum atomic E-state index is 10.5. The van der Waals surface area contributed by atoms with Gasteiger partial charge in [-0.05, 0) is 31.5 Å². The minimum Gasteiger partial charge on any atom is -0.497 e. The van der Waals surface area contributed by atoms with E-state index in [-0.39, 0.29) is 5.89 Å². The van der Waals surface area contributed by atoms with Gasteiger partial charge in [0.25, 0.3) is 5.89 Å². The number of β-amino-alcohol motifs (C(OH)–C–C–N with tert-alkyl or cyclic N) is 1. The minimum atomic E-state index is -1.07. The van der Waals surface area contributed by atoms with E-state index in [2.05, 4.69) is 15.5 Å². The third-order valence-corrected chi connectivity index (χ3v) is 3.51. The van der Waals surface area contributed by atoms with Crippen LogP contribution in [0.3, 0.4) is 0 Å². The summed E-state index contributed by atoms with van der Waals surface area (Å²) in [6.07, 6.45) is 1.51. The van der Waals surface area contributed by atoms with E-state index < -0.39 is 5.60 Å². The van der Waals surface area contributed by atoms with Crippen molar-refractivity contribution in [1.29, 1.82) is 0 Å². The van der Waals surface area contributed by atoms with Crippen LogP contribution in [0.1, 0.15) is 18.7 Å². The Kier molecular flexibility index (Phi) is 3.42. The molecule has 0 amide bonds. The molecule has 1 unspecified atom stereocenters. The van der Waals surface area contributed by atoms with Crippen LogP contribution in [-0.2, 0) is 5.60 Å². The smallest absolute Gasteiger partial charge is 0.260 e. The fourth-order valence-electron chi connectivity index (χ4n) is 2.36. The summed E-state index contributed by atoms with van der Waals surface area (Å²) in [7, 11) is 1.61. The molecular formula is C14H17N3O3. The second kappa shape index (κ2) is 5.22. The van der Waals surface area contributed by atoms with Crippen LogP contribution in [0.2, 0.25) is 0 Å². The summed E-state index contributed by atoms with van der Waals surface area (Å²) in [5, 5.41) is 17.6. The number of rotatable bonds is 3. The molecule has 0 bridgehead atoms. The van der Waals surface area contributed by atoms with E-state index >= 15 is 0 Å². The lowest BCUT2D eigenvalue weighted by Gasteiger charge is -2.28. The topological polar surface area (TPSA) is 80.4 Å². The van der Waals surface area contributed by atoms with Crippen molar-refractivity contribution in [2.75, 3.05) is 20.2 Å². The molecule has 0 aliphatic carbocycles. The normalized spacial score (nSPS) is 22.7. The molecular weight excluding hydrogens is 258 g/mol. The van der Waals surface area contributed by atoms with Gasteiger partial charge in [0.05, 0.1) is 7.11 Å². The molecule has 1 aromatic carbocycles. The van der Waals surface area contributed by atoms with Gasteiger partial charge in [-0.1, -0.05) is 17.3 Å². The van der Waals surface area contributed by atoms with Crippen molar-refractivity contribution in [3.63, 3.8) is 0 Å². The molecule has 0 saturated carbocycles. The molecule has 1 saturated heterocycles. The van der Waals surface area contributed by atoms with Gasteiger partial charge >= 0.3 is 0 Å². The first-order chi connectivity index (χ1) is 9.71. The third-order valence-electron chi connectivity index (χ3n) is 3.51. The Morgan fingerprint density at radius 1 is 1.45 bits per heavy atom. The average molecular weight is 275 g/mol. The number of ether oxygens (including phenoxy) is 1. The second-order valence-electron chi connectivity index (χ2n) is 4.97. The van der Waals surface area contributed by atoms with E-state index in [0.717, 1.165) is 24.3 Å². The number of hydrogen-bond donors (Lipinski definition) is 2. The molecule has 1 aliphatic heterocycles. The fourth-order valence-corrected chi connectivity index (χ4v) is 2.36. The number of nitrogens with one attached hydrogen (secondary N) is 1. The van der Waals surface area contributed by atoms with Gasteiger partial charge in [0, 0.05) is 12.1 Å². The Labute approximate surface area is 116 Å². The summed E-state index contributed by atoms with van der Waals surface area (Å²) < 4.78 is 10.4. The summed E-state index contributed by atoms with van der Waals surface area (Å²) in [4.78, 5) is 4.33. The highest BCUT2D eigenvalue weighted by molar-refractivity contribution is 5.56. The highest BCUT2D eigenvalue weighted by Gasteiger charge is 2.37. The van der Waals surface area contributed by atoms with Gasteiger partial charge in [-0.15, -0.1) is 0 Å². The Morgan fingerprint density at radius 2 is 2.35 bits per heavy atom. The number of hydrogen-bond acceptors (Lipinski definition) is 6. The zero-order valence-corrected chi connectivity index (χ0v) is 11.3. The van der Waals surface area contributed by atoms with Crippen molar-refractivity contribution in [3.8, 4) is 17.1 Å². The van der Waals surface area contributed by atoms with Gasteiger partial charge in [-0.3, -0.25) is 0 Å². The first-order valence-electron chi connectivity index (χ1n) is 6.63. The van der Waals surface area contributed by atoms with Crippen LogP contribution in [0.15, 0.2) is 28.8 Å². The van der Waals surface area contributed by atoms with Crippen LogP contribution in [0, 0.1) is 0 Å². The van der Waals surface area contributed by atoms with Crippen LogP contribution in [-0.4, -0.2) is 35.4 Å². The van der Waals surface area contributed by atoms with Gasteiger partial charge in [0.2, 0.25) is 5.82 Å². The van der Waals surface area contributed by atoms with E-state index in [4.69, 9.17) is 9.26 Å². The quantitative estimate of drug-likeness (QED) is 0.879. The molecule has 3 rings (SSSR count). The van der Waals surface area contributed by atoms with Crippen molar-refractivity contribution in [2.24, 2.45) is 0 Å². The molecule has 1 aromatic heterocycles. The first-order valence-corrected chi connectivity index (χ1v) is 6.63. The zero-order chi connectivity index (χ0) is 14.0. The zero-order valence-electron chi connectivity index (χ0n) is 11.3. The summed E-state index contributed by atoms with van der Waals surface area (Å²) in [6.45, 7) is 1.34. The maximum Gasteiger partial charge on any atom is 0.260 e. The van der Waals surface area contributed by atoms with Crippen molar-refractivity contribution in [2.45, 2.75) is 18.4 Å². The minimum absolute atomic E-state index is 0.266. The van der Waals surface area contributed by atoms with E-state index in [0.29, 0.717) is 18.8 Å². The maximum absolute atomic E-state index is 10.5. The predicted molar refractivity (Wildman–Crippen MR) is 72.3 cm³/mol. The van der Waals surface area contributed by atoms with Crippen LogP contribution >= 0.6 is 0 Å². The van der Waals surface area contributed by atoms with E-state index in [1.807, 2.05) is 24.3 Å². The predicted octanol–water partition coefficient (Wildman–Crippen LogP) is 1.32. The molecule has 2 heterocycles. The molecule has 0 spiro atoms. The molecule has 6 heteroatoms. The highest BCUT2D eigenvalue weighted by Crippen LogP contribution is 2.29. The third kappa shape index (κ3) is 2.39. The van der Waals surface area contributed by atoms with E-state index in [1.165, 1.54) is 0 Å². The van der Waals surface area contributed by atoms with Crippen molar-refractivity contribution in [3.05, 3.63) is 30.2 Å². The number of aromatic nitrogens is 2. The van der Waals surface area contributed by atoms with Gasteiger partial charge in [-0.2, -0.15) is 4.98 Å². The number of methoxy groups -OCH3 is 1. The lowest BCUT2D eigenvalue weighted by atomic mass is 9.94. The van der Waals surface area contributed by atoms with Crippen molar-refractivity contribution >= 4 is 0 Å². The average Bonchev–Trinajstić information content (AvgIpc) is 2.99. The first kappa shape index (κ1) is 13.1. The monoisotopic (exact) mass is 275 g/mol. The van der Waals surface area contributed by atoms with Crippen LogP contribution < -0.4 is 10.1 Å². The van der Waals surface area contributed by atoms with Gasteiger partial charge < -0.3 is 19.7 Å². The van der Waals surface area contributed by atoms with Crippen LogP contribution in [0.4, 0.5) is 0 Å². The lowest BCUT2D eigenvalue weighted by Crippen LogP contribution is -2.43. The number of aliphatic hydroxyl groups is 1. The number of benzene rings is 1. The molecule has 2 N–H and O–H groups in total. The van der Waals surface area contributed by atoms with Gasteiger partial charge in [0.1, 0.15) is 5.75 Å². The Balaban J connectivity index is 1.89. The fraction of sp³-hybridized carbons (Fsp3) is 0.429. The second-order valence-corrected chi connectivity index (χ2v) is 4.97. The summed E-state index contributed by atoms with van der Waals surface area (Å²) in [5.74, 6) is 1.45. The number of piperidine rings is 1. The molecule has 106 valence electrons. The summed E-state index contributed by atoms with van der Waals surface area (Å²) in [6, 6.07) is 7.42. The Bertz CT molecular complexity index is 591. The van der Waals surface area contributed by atoms with E-state index in [9.17, 15) is 5.11 Å². The Hall–Kier alpha value is -1.92. The summed E-state index contributed by atoms with van der Waals surface area (Å²) in [5.41, 5.74) is -0.269.